The van der Waals surface area contributed by atoms with E-state index in [2.05, 4.69) is 97.8 Å². The number of sulfonamides is 1. The van der Waals surface area contributed by atoms with Crippen molar-refractivity contribution in [2.75, 3.05) is 17.9 Å². The van der Waals surface area contributed by atoms with Crippen LogP contribution in [0.25, 0.3) is 22.5 Å². The molecule has 7 aromatic rings. The molecule has 0 spiro atoms. The number of ether oxygens (including phenoxy) is 1. The molecule has 2 atom stereocenters. The lowest BCUT2D eigenvalue weighted by Gasteiger charge is -2.43. The van der Waals surface area contributed by atoms with E-state index >= 15 is 0 Å². The number of furan rings is 1. The van der Waals surface area contributed by atoms with Gasteiger partial charge in [-0.25, -0.2) is 28.1 Å². The number of hydrogen-bond donors (Lipinski definition) is 1. The third kappa shape index (κ3) is 9.01. The van der Waals surface area contributed by atoms with Gasteiger partial charge in [0.15, 0.2) is 0 Å². The quantitative estimate of drug-likeness (QED) is 0.124. The van der Waals surface area contributed by atoms with Gasteiger partial charge in [-0.1, -0.05) is 120 Å². The number of nitrogens with zero attached hydrogens (tertiary/aromatic N) is 5. The van der Waals surface area contributed by atoms with E-state index in [0.717, 1.165) is 29.5 Å². The van der Waals surface area contributed by atoms with Crippen LogP contribution in [0.5, 0.6) is 5.88 Å². The van der Waals surface area contributed by atoms with Crippen LogP contribution in [0, 0.1) is 19.3 Å². The fourth-order valence-corrected chi connectivity index (χ4v) is 14.9. The third-order valence-electron chi connectivity index (χ3n) is 13.1. The zero-order valence-electron chi connectivity index (χ0n) is 38.5. The lowest BCUT2D eigenvalue weighted by molar-refractivity contribution is 0.0537. The van der Waals surface area contributed by atoms with Gasteiger partial charge in [0.2, 0.25) is 17.5 Å². The number of anilines is 1. The van der Waals surface area contributed by atoms with Gasteiger partial charge >= 0.3 is 0 Å². The molecule has 0 saturated heterocycles. The molecule has 0 radical (unpaired) electrons. The van der Waals surface area contributed by atoms with Crippen LogP contribution in [0.1, 0.15) is 92.7 Å². The lowest BCUT2D eigenvalue weighted by Crippen LogP contribution is -2.66. The SMILES string of the molecule is Cc1cccc(C)c1-c1cc2nc(n1)NS(=O)(=O)c1cccc(c1)C(=O)N(Cc1cnc3oc([C@@H](C)CO[Si](c4ccccc4)(c4ccccc4)C(C)(C)C)cc3n1)[C@H](CC1(C)CC1)CO2. The molecule has 3 aromatic heterocycles. The summed E-state index contributed by atoms with van der Waals surface area (Å²) in [6.45, 7) is 15.6. The van der Waals surface area contributed by atoms with Gasteiger partial charge in [-0.3, -0.25) is 4.79 Å². The van der Waals surface area contributed by atoms with E-state index in [1.54, 1.807) is 29.3 Å². The summed E-state index contributed by atoms with van der Waals surface area (Å²) in [7, 11) is -7.03. The van der Waals surface area contributed by atoms with Crippen molar-refractivity contribution in [1.82, 2.24) is 24.8 Å². The van der Waals surface area contributed by atoms with Gasteiger partial charge in [-0.15, -0.1) is 0 Å². The lowest BCUT2D eigenvalue weighted by atomic mass is 9.97. The highest BCUT2D eigenvalue weighted by molar-refractivity contribution is 7.92. The van der Waals surface area contributed by atoms with Gasteiger partial charge in [0.25, 0.3) is 24.2 Å². The molecular weight excluding hydrogens is 865 g/mol. The molecule has 14 heteroatoms. The molecule has 1 saturated carbocycles. The summed E-state index contributed by atoms with van der Waals surface area (Å²) >= 11 is 0. The second kappa shape index (κ2) is 17.5. The zero-order chi connectivity index (χ0) is 46.4. The average molecular weight is 921 g/mol. The maximum absolute atomic E-state index is 14.9. The molecule has 2 aliphatic rings. The zero-order valence-corrected chi connectivity index (χ0v) is 40.4. The molecule has 1 amide bonds. The maximum atomic E-state index is 14.9. The molecule has 0 unspecified atom stereocenters. The third-order valence-corrected chi connectivity index (χ3v) is 19.4. The highest BCUT2D eigenvalue weighted by Crippen LogP contribution is 2.50. The minimum atomic E-state index is -4.23. The summed E-state index contributed by atoms with van der Waals surface area (Å²) in [4.78, 5) is 35.5. The number of carbonyl (C=O) groups excluding carboxylic acids is 1. The topological polar surface area (TPSA) is 150 Å². The number of aromatic nitrogens is 4. The first-order valence-corrected chi connectivity index (χ1v) is 25.9. The molecule has 4 heterocycles. The average Bonchev–Trinajstić information content (AvgIpc) is 3.87. The molecule has 12 nitrogen and oxygen atoms in total. The fourth-order valence-electron chi connectivity index (χ4n) is 9.29. The normalized spacial score (nSPS) is 17.5. The van der Waals surface area contributed by atoms with E-state index in [9.17, 15) is 13.2 Å². The summed E-state index contributed by atoms with van der Waals surface area (Å²) in [5, 5.41) is 2.22. The predicted molar refractivity (Wildman–Crippen MR) is 259 cm³/mol. The second-order valence-corrected chi connectivity index (χ2v) is 25.3. The van der Waals surface area contributed by atoms with E-state index in [4.69, 9.17) is 23.5 Å². The maximum Gasteiger partial charge on any atom is 0.264 e. The molecule has 9 rings (SSSR count). The van der Waals surface area contributed by atoms with E-state index in [1.807, 2.05) is 50.2 Å². The molecule has 66 heavy (non-hydrogen) atoms. The number of carbonyl (C=O) groups is 1. The van der Waals surface area contributed by atoms with Crippen molar-refractivity contribution >= 4 is 51.8 Å². The van der Waals surface area contributed by atoms with E-state index in [-0.39, 0.29) is 57.7 Å². The Bertz CT molecular complexity index is 2970. The summed E-state index contributed by atoms with van der Waals surface area (Å²) in [6.07, 6.45) is 4.31. The monoisotopic (exact) mass is 920 g/mol. The number of aryl methyl sites for hydroxylation is 2. The molecule has 1 fully saturated rings. The Hall–Kier alpha value is -6.22. The summed E-state index contributed by atoms with van der Waals surface area (Å²) in [5.74, 6) is 0.258. The molecule has 1 N–H and O–H groups in total. The second-order valence-electron chi connectivity index (χ2n) is 19.3. The van der Waals surface area contributed by atoms with E-state index in [1.165, 1.54) is 22.5 Å². The van der Waals surface area contributed by atoms with Gasteiger partial charge in [-0.2, -0.15) is 4.98 Å². The van der Waals surface area contributed by atoms with Crippen LogP contribution in [-0.4, -0.2) is 66.7 Å². The van der Waals surface area contributed by atoms with Crippen molar-refractivity contribution in [2.45, 2.75) is 96.2 Å². The van der Waals surface area contributed by atoms with Crippen molar-refractivity contribution < 1.29 is 26.8 Å². The van der Waals surface area contributed by atoms with Crippen LogP contribution < -0.4 is 19.8 Å². The van der Waals surface area contributed by atoms with Crippen molar-refractivity contribution in [3.05, 3.63) is 150 Å². The largest absolute Gasteiger partial charge is 0.475 e. The number of amides is 1. The molecule has 340 valence electrons. The number of benzene rings is 4. The molecule has 4 bridgehead atoms. The van der Waals surface area contributed by atoms with Crippen LogP contribution in [0.15, 0.2) is 131 Å². The van der Waals surface area contributed by atoms with Crippen molar-refractivity contribution in [1.29, 1.82) is 0 Å². The first-order valence-electron chi connectivity index (χ1n) is 22.5. The molecule has 1 aliphatic heterocycles. The van der Waals surface area contributed by atoms with Crippen LogP contribution >= 0.6 is 0 Å². The van der Waals surface area contributed by atoms with Gasteiger partial charge in [0.1, 0.15) is 17.9 Å². The van der Waals surface area contributed by atoms with Crippen molar-refractivity contribution in [3.8, 4) is 17.1 Å². The highest BCUT2D eigenvalue weighted by Gasteiger charge is 2.50. The standard InChI is InChI=1S/C52H56N6O6SSi/c1-34-16-14-17-35(2)47(34)43-28-46-56-50(55-43)57-65(60,61)40-19-15-18-37(26-40)49(59)58(39(33-62-46)29-52(7)24-25-52)31-38-30-53-48-44(54-38)27-45(64-48)36(3)32-63-66(51(4,5)6,41-20-10-8-11-21-41)42-22-12-9-13-23-42/h8-23,26-28,30,36,39H,24-25,29,31-33H2,1-7H3,(H,55,56,57)/t36-,39+/m0/s1. The first-order chi connectivity index (χ1) is 31.5. The Morgan fingerprint density at radius 1 is 0.879 bits per heavy atom. The Morgan fingerprint density at radius 3 is 2.20 bits per heavy atom. The fraction of sp³-hybridized carbons (Fsp3) is 0.327. The van der Waals surface area contributed by atoms with Crippen LogP contribution in [-0.2, 0) is 21.0 Å². The Balaban J connectivity index is 1.05. The first kappa shape index (κ1) is 45.0. The number of fused-ring (bicyclic) bond motifs is 5. The van der Waals surface area contributed by atoms with Crippen LogP contribution in [0.3, 0.4) is 0 Å². The minimum absolute atomic E-state index is 0.00469. The van der Waals surface area contributed by atoms with Gasteiger partial charge < -0.3 is 18.5 Å². The van der Waals surface area contributed by atoms with Gasteiger partial charge in [0, 0.05) is 35.8 Å². The number of nitrogens with one attached hydrogen (secondary N) is 1. The Labute approximate surface area is 388 Å². The van der Waals surface area contributed by atoms with Crippen LogP contribution in [0.4, 0.5) is 5.95 Å². The van der Waals surface area contributed by atoms with Crippen LogP contribution in [0.2, 0.25) is 5.04 Å². The molecule has 1 aliphatic carbocycles. The Morgan fingerprint density at radius 2 is 1.55 bits per heavy atom. The smallest absolute Gasteiger partial charge is 0.264 e. The molecule has 4 aromatic carbocycles. The van der Waals surface area contributed by atoms with E-state index < -0.39 is 24.4 Å². The van der Waals surface area contributed by atoms with Gasteiger partial charge in [0.05, 0.1) is 35.1 Å². The van der Waals surface area contributed by atoms with Gasteiger partial charge in [-0.05, 0) is 83.3 Å². The number of rotatable bonds is 11. The Kier molecular flexibility index (Phi) is 11.9. The predicted octanol–water partition coefficient (Wildman–Crippen LogP) is 9.37. The summed E-state index contributed by atoms with van der Waals surface area (Å²) < 4.78 is 50.6. The van der Waals surface area contributed by atoms with Crippen molar-refractivity contribution in [3.63, 3.8) is 0 Å². The van der Waals surface area contributed by atoms with Crippen molar-refractivity contribution in [2.24, 2.45) is 5.41 Å². The minimum Gasteiger partial charge on any atom is -0.475 e. The van der Waals surface area contributed by atoms with E-state index in [0.29, 0.717) is 41.4 Å². The molecular formula is C52H56N6O6SSi. The number of hydrogen-bond acceptors (Lipinski definition) is 10. The summed E-state index contributed by atoms with van der Waals surface area (Å²) in [5.41, 5.74) is 5.00. The highest BCUT2D eigenvalue weighted by atomic mass is 32.2. The summed E-state index contributed by atoms with van der Waals surface area (Å²) in [6, 6.07) is 36.3.